The SMILES string of the molecule is Fc1ccccc1COc1cccc(CCNCc2ccco2)c1. The molecule has 124 valence electrons. The lowest BCUT2D eigenvalue weighted by Crippen LogP contribution is -2.16. The summed E-state index contributed by atoms with van der Waals surface area (Å²) < 4.78 is 24.6. The van der Waals surface area contributed by atoms with Crippen LogP contribution in [0.1, 0.15) is 16.9 Å². The lowest BCUT2D eigenvalue weighted by molar-refractivity contribution is 0.299. The molecule has 0 amide bonds. The zero-order valence-corrected chi connectivity index (χ0v) is 13.4. The number of ether oxygens (including phenoxy) is 1. The summed E-state index contributed by atoms with van der Waals surface area (Å²) >= 11 is 0. The molecule has 0 aliphatic rings. The Labute approximate surface area is 141 Å². The van der Waals surface area contributed by atoms with Crippen LogP contribution in [0.15, 0.2) is 71.3 Å². The summed E-state index contributed by atoms with van der Waals surface area (Å²) in [4.78, 5) is 0. The van der Waals surface area contributed by atoms with Crippen molar-refractivity contribution in [1.29, 1.82) is 0 Å². The van der Waals surface area contributed by atoms with Crippen LogP contribution >= 0.6 is 0 Å². The number of nitrogens with one attached hydrogen (secondary N) is 1. The van der Waals surface area contributed by atoms with Gasteiger partial charge in [0.05, 0.1) is 12.8 Å². The first kappa shape index (κ1) is 16.3. The molecule has 0 aliphatic carbocycles. The van der Waals surface area contributed by atoms with Crippen molar-refractivity contribution in [3.63, 3.8) is 0 Å². The average Bonchev–Trinajstić information content (AvgIpc) is 3.12. The van der Waals surface area contributed by atoms with Gasteiger partial charge in [-0.15, -0.1) is 0 Å². The van der Waals surface area contributed by atoms with Gasteiger partial charge in [0.1, 0.15) is 23.9 Å². The second kappa shape index (κ2) is 8.31. The number of hydrogen-bond donors (Lipinski definition) is 1. The van der Waals surface area contributed by atoms with Gasteiger partial charge in [0.2, 0.25) is 0 Å². The number of furan rings is 1. The summed E-state index contributed by atoms with van der Waals surface area (Å²) in [7, 11) is 0. The fourth-order valence-corrected chi connectivity index (χ4v) is 2.42. The number of halogens is 1. The smallest absolute Gasteiger partial charge is 0.129 e. The van der Waals surface area contributed by atoms with Gasteiger partial charge in [0.25, 0.3) is 0 Å². The Morgan fingerprint density at radius 3 is 2.75 bits per heavy atom. The molecule has 4 heteroatoms. The van der Waals surface area contributed by atoms with Crippen molar-refractivity contribution in [1.82, 2.24) is 5.32 Å². The lowest BCUT2D eigenvalue weighted by atomic mass is 10.1. The van der Waals surface area contributed by atoms with Crippen LogP contribution in [0.4, 0.5) is 4.39 Å². The van der Waals surface area contributed by atoms with Crippen molar-refractivity contribution in [3.8, 4) is 5.75 Å². The van der Waals surface area contributed by atoms with Gasteiger partial charge in [-0.3, -0.25) is 0 Å². The van der Waals surface area contributed by atoms with Gasteiger partial charge in [-0.1, -0.05) is 30.3 Å². The van der Waals surface area contributed by atoms with Gasteiger partial charge in [-0.25, -0.2) is 4.39 Å². The molecule has 0 spiro atoms. The van der Waals surface area contributed by atoms with E-state index in [-0.39, 0.29) is 12.4 Å². The van der Waals surface area contributed by atoms with Crippen LogP contribution in [-0.4, -0.2) is 6.54 Å². The summed E-state index contributed by atoms with van der Waals surface area (Å²) in [6.07, 6.45) is 2.56. The van der Waals surface area contributed by atoms with E-state index >= 15 is 0 Å². The zero-order chi connectivity index (χ0) is 16.6. The van der Waals surface area contributed by atoms with Crippen LogP contribution < -0.4 is 10.1 Å². The van der Waals surface area contributed by atoms with Gasteiger partial charge in [0.15, 0.2) is 0 Å². The third-order valence-electron chi connectivity index (χ3n) is 3.72. The molecule has 2 aromatic carbocycles. The minimum Gasteiger partial charge on any atom is -0.489 e. The Hall–Kier alpha value is -2.59. The molecule has 0 saturated heterocycles. The molecule has 0 radical (unpaired) electrons. The van der Waals surface area contributed by atoms with Crippen molar-refractivity contribution in [2.45, 2.75) is 19.6 Å². The molecule has 0 aliphatic heterocycles. The molecule has 1 aromatic heterocycles. The molecule has 1 heterocycles. The van der Waals surface area contributed by atoms with Crippen LogP contribution in [0.3, 0.4) is 0 Å². The maximum Gasteiger partial charge on any atom is 0.129 e. The minimum atomic E-state index is -0.240. The lowest BCUT2D eigenvalue weighted by Gasteiger charge is -2.09. The van der Waals surface area contributed by atoms with E-state index in [1.165, 1.54) is 11.6 Å². The Bertz CT molecular complexity index is 756. The molecule has 3 nitrogen and oxygen atoms in total. The summed E-state index contributed by atoms with van der Waals surface area (Å²) in [5, 5.41) is 3.34. The van der Waals surface area contributed by atoms with Gasteiger partial charge < -0.3 is 14.5 Å². The van der Waals surface area contributed by atoms with Crippen LogP contribution in [0, 0.1) is 5.82 Å². The second-order valence-corrected chi connectivity index (χ2v) is 5.53. The Kier molecular flexibility index (Phi) is 5.64. The molecule has 0 fully saturated rings. The highest BCUT2D eigenvalue weighted by Gasteiger charge is 2.03. The first-order valence-electron chi connectivity index (χ1n) is 7.99. The normalized spacial score (nSPS) is 10.7. The van der Waals surface area contributed by atoms with E-state index in [4.69, 9.17) is 9.15 Å². The summed E-state index contributed by atoms with van der Waals surface area (Å²) in [5.74, 6) is 1.44. The molecule has 0 unspecified atom stereocenters. The van der Waals surface area contributed by atoms with E-state index < -0.39 is 0 Å². The topological polar surface area (TPSA) is 34.4 Å². The molecular weight excluding hydrogens is 305 g/mol. The maximum absolute atomic E-state index is 13.6. The summed E-state index contributed by atoms with van der Waals surface area (Å²) in [6, 6.07) is 18.4. The predicted molar refractivity (Wildman–Crippen MR) is 91.3 cm³/mol. The van der Waals surface area contributed by atoms with E-state index in [0.717, 1.165) is 31.0 Å². The van der Waals surface area contributed by atoms with Crippen molar-refractivity contribution in [2.24, 2.45) is 0 Å². The standard InChI is InChI=1S/C20H20FNO2/c21-20-9-2-1-6-17(20)15-24-18-7-3-5-16(13-18)10-11-22-14-19-8-4-12-23-19/h1-9,12-13,22H,10-11,14-15H2. The van der Waals surface area contributed by atoms with E-state index in [0.29, 0.717) is 5.56 Å². The van der Waals surface area contributed by atoms with E-state index in [1.807, 2.05) is 36.4 Å². The highest BCUT2D eigenvalue weighted by atomic mass is 19.1. The fourth-order valence-electron chi connectivity index (χ4n) is 2.42. The van der Waals surface area contributed by atoms with Crippen molar-refractivity contribution >= 4 is 0 Å². The van der Waals surface area contributed by atoms with E-state index in [9.17, 15) is 4.39 Å². The second-order valence-electron chi connectivity index (χ2n) is 5.53. The van der Waals surface area contributed by atoms with Crippen LogP contribution in [-0.2, 0) is 19.6 Å². The predicted octanol–water partition coefficient (Wildman–Crippen LogP) is 4.33. The third kappa shape index (κ3) is 4.70. The van der Waals surface area contributed by atoms with Crippen LogP contribution in [0.5, 0.6) is 5.75 Å². The van der Waals surface area contributed by atoms with Crippen molar-refractivity contribution in [3.05, 3.63) is 89.6 Å². The zero-order valence-electron chi connectivity index (χ0n) is 13.4. The van der Waals surface area contributed by atoms with Crippen LogP contribution in [0.2, 0.25) is 0 Å². The van der Waals surface area contributed by atoms with Gasteiger partial charge in [0, 0.05) is 5.56 Å². The Balaban J connectivity index is 1.47. The first-order chi connectivity index (χ1) is 11.8. The highest BCUT2D eigenvalue weighted by molar-refractivity contribution is 5.29. The summed E-state index contributed by atoms with van der Waals surface area (Å²) in [6.45, 7) is 1.79. The van der Waals surface area contributed by atoms with Gasteiger partial charge >= 0.3 is 0 Å². The minimum absolute atomic E-state index is 0.229. The van der Waals surface area contributed by atoms with Crippen LogP contribution in [0.25, 0.3) is 0 Å². The molecule has 1 N–H and O–H groups in total. The largest absolute Gasteiger partial charge is 0.489 e. The number of hydrogen-bond acceptors (Lipinski definition) is 3. The molecular formula is C20H20FNO2. The van der Waals surface area contributed by atoms with Crippen molar-refractivity contribution in [2.75, 3.05) is 6.54 Å². The molecule has 3 rings (SSSR count). The van der Waals surface area contributed by atoms with E-state index in [1.54, 1.807) is 18.4 Å². The van der Waals surface area contributed by atoms with Gasteiger partial charge in [-0.05, 0) is 48.9 Å². The van der Waals surface area contributed by atoms with Crippen molar-refractivity contribution < 1.29 is 13.5 Å². The summed E-state index contributed by atoms with van der Waals surface area (Å²) in [5.41, 5.74) is 1.73. The monoisotopic (exact) mass is 325 g/mol. The first-order valence-corrected chi connectivity index (χ1v) is 7.99. The molecule has 24 heavy (non-hydrogen) atoms. The molecule has 0 atom stereocenters. The Morgan fingerprint density at radius 2 is 1.92 bits per heavy atom. The molecule has 3 aromatic rings. The van der Waals surface area contributed by atoms with E-state index in [2.05, 4.69) is 11.4 Å². The van der Waals surface area contributed by atoms with Gasteiger partial charge in [-0.2, -0.15) is 0 Å². The highest BCUT2D eigenvalue weighted by Crippen LogP contribution is 2.16. The molecule has 0 saturated carbocycles. The quantitative estimate of drug-likeness (QED) is 0.626. The fraction of sp³-hybridized carbons (Fsp3) is 0.200. The number of rotatable bonds is 8. The molecule has 0 bridgehead atoms. The maximum atomic E-state index is 13.6. The number of benzene rings is 2. The Morgan fingerprint density at radius 1 is 1.00 bits per heavy atom. The average molecular weight is 325 g/mol. The third-order valence-corrected chi connectivity index (χ3v) is 3.72.